The molecular formula is C14H16F3NO3S. The third kappa shape index (κ3) is 3.34. The standard InChI is InChI=1S/C14H16F3NO3S/c1-2-11-3-5-12(6-4-11)22(19,20)18-13(14(15,16)17)7-9-21-10-8-13/h2-6,18H,1,7-10H2. The fraction of sp³-hybridized carbons (Fsp3) is 0.429. The highest BCUT2D eigenvalue weighted by molar-refractivity contribution is 7.89. The van der Waals surface area contributed by atoms with Gasteiger partial charge in [-0.3, -0.25) is 0 Å². The molecule has 0 aromatic heterocycles. The Bertz CT molecular complexity index is 632. The second-order valence-corrected chi connectivity index (χ2v) is 6.75. The quantitative estimate of drug-likeness (QED) is 0.920. The van der Waals surface area contributed by atoms with Crippen molar-refractivity contribution in [3.05, 3.63) is 36.4 Å². The lowest BCUT2D eigenvalue weighted by atomic mass is 9.91. The molecule has 22 heavy (non-hydrogen) atoms. The number of alkyl halides is 3. The van der Waals surface area contributed by atoms with Crippen molar-refractivity contribution >= 4 is 16.1 Å². The van der Waals surface area contributed by atoms with Gasteiger partial charge in [-0.1, -0.05) is 24.8 Å². The van der Waals surface area contributed by atoms with Crippen LogP contribution < -0.4 is 4.72 Å². The number of nitrogens with one attached hydrogen (secondary N) is 1. The van der Waals surface area contributed by atoms with Crippen LogP contribution in [0, 0.1) is 0 Å². The monoisotopic (exact) mass is 335 g/mol. The molecular weight excluding hydrogens is 319 g/mol. The largest absolute Gasteiger partial charge is 0.407 e. The summed E-state index contributed by atoms with van der Waals surface area (Å²) >= 11 is 0. The van der Waals surface area contributed by atoms with E-state index in [9.17, 15) is 21.6 Å². The van der Waals surface area contributed by atoms with Crippen molar-refractivity contribution in [3.8, 4) is 0 Å². The molecule has 8 heteroatoms. The molecule has 1 fully saturated rings. The molecule has 0 amide bonds. The summed E-state index contributed by atoms with van der Waals surface area (Å²) in [5, 5.41) is 0. The minimum absolute atomic E-state index is 0.141. The summed E-state index contributed by atoms with van der Waals surface area (Å²) in [6.07, 6.45) is -4.06. The maximum Gasteiger partial charge on any atom is 0.407 e. The summed E-state index contributed by atoms with van der Waals surface area (Å²) in [7, 11) is -4.29. The smallest absolute Gasteiger partial charge is 0.381 e. The van der Waals surface area contributed by atoms with Gasteiger partial charge >= 0.3 is 6.18 Å². The number of sulfonamides is 1. The number of ether oxygens (including phenoxy) is 1. The lowest BCUT2D eigenvalue weighted by molar-refractivity contribution is -0.210. The number of benzene rings is 1. The Morgan fingerprint density at radius 1 is 1.18 bits per heavy atom. The van der Waals surface area contributed by atoms with Gasteiger partial charge in [-0.15, -0.1) is 0 Å². The van der Waals surface area contributed by atoms with Crippen LogP contribution in [0.25, 0.3) is 6.08 Å². The summed E-state index contributed by atoms with van der Waals surface area (Å²) in [4.78, 5) is -0.215. The van der Waals surface area contributed by atoms with Crippen molar-refractivity contribution in [1.82, 2.24) is 4.72 Å². The van der Waals surface area contributed by atoms with Gasteiger partial charge in [0.2, 0.25) is 10.0 Å². The van der Waals surface area contributed by atoms with Crippen LogP contribution in [0.15, 0.2) is 35.7 Å². The Labute approximate surface area is 127 Å². The molecule has 0 spiro atoms. The van der Waals surface area contributed by atoms with E-state index >= 15 is 0 Å². The average Bonchev–Trinajstić information content (AvgIpc) is 2.47. The van der Waals surface area contributed by atoms with Gasteiger partial charge in [0, 0.05) is 13.2 Å². The third-order valence-electron chi connectivity index (χ3n) is 3.64. The highest BCUT2D eigenvalue weighted by atomic mass is 32.2. The summed E-state index contributed by atoms with van der Waals surface area (Å²) in [6.45, 7) is 3.25. The second kappa shape index (κ2) is 6.02. The zero-order chi connectivity index (χ0) is 16.4. The first kappa shape index (κ1) is 17.0. The van der Waals surface area contributed by atoms with E-state index in [0.29, 0.717) is 5.56 Å². The van der Waals surface area contributed by atoms with Crippen LogP contribution in [0.2, 0.25) is 0 Å². The normalized spacial score (nSPS) is 18.9. The predicted octanol–water partition coefficient (Wildman–Crippen LogP) is 2.72. The predicted molar refractivity (Wildman–Crippen MR) is 75.7 cm³/mol. The molecule has 0 radical (unpaired) electrons. The fourth-order valence-electron chi connectivity index (χ4n) is 2.26. The van der Waals surface area contributed by atoms with E-state index in [1.807, 2.05) is 4.72 Å². The van der Waals surface area contributed by atoms with Gasteiger partial charge in [0.15, 0.2) is 0 Å². The molecule has 1 N–H and O–H groups in total. The lowest BCUT2D eigenvalue weighted by Crippen LogP contribution is -2.61. The maximum atomic E-state index is 13.4. The molecule has 2 rings (SSSR count). The Morgan fingerprint density at radius 2 is 1.73 bits per heavy atom. The minimum atomic E-state index is -4.69. The number of hydrogen-bond acceptors (Lipinski definition) is 3. The summed E-state index contributed by atoms with van der Waals surface area (Å²) in [5.74, 6) is 0. The summed E-state index contributed by atoms with van der Waals surface area (Å²) in [5.41, 5.74) is -1.81. The summed E-state index contributed by atoms with van der Waals surface area (Å²) < 4.78 is 71.4. The zero-order valence-corrected chi connectivity index (χ0v) is 12.5. The number of halogens is 3. The third-order valence-corrected chi connectivity index (χ3v) is 5.20. The van der Waals surface area contributed by atoms with Crippen molar-refractivity contribution in [2.45, 2.75) is 29.5 Å². The number of rotatable bonds is 4. The molecule has 4 nitrogen and oxygen atoms in total. The summed E-state index contributed by atoms with van der Waals surface area (Å²) in [6, 6.07) is 5.46. The minimum Gasteiger partial charge on any atom is -0.381 e. The van der Waals surface area contributed by atoms with Crippen LogP contribution in [0.3, 0.4) is 0 Å². The SMILES string of the molecule is C=Cc1ccc(S(=O)(=O)NC2(C(F)(F)F)CCOCC2)cc1. The van der Waals surface area contributed by atoms with Gasteiger partial charge in [0.05, 0.1) is 4.90 Å². The van der Waals surface area contributed by atoms with Crippen LogP contribution in [-0.2, 0) is 14.8 Å². The molecule has 1 aliphatic heterocycles. The Kier molecular flexibility index (Phi) is 4.65. The molecule has 0 atom stereocenters. The van der Waals surface area contributed by atoms with Crippen LogP contribution >= 0.6 is 0 Å². The molecule has 0 saturated carbocycles. The highest BCUT2D eigenvalue weighted by Crippen LogP contribution is 2.39. The molecule has 1 aromatic rings. The van der Waals surface area contributed by atoms with E-state index in [0.717, 1.165) is 0 Å². The van der Waals surface area contributed by atoms with E-state index in [4.69, 9.17) is 4.74 Å². The van der Waals surface area contributed by atoms with Crippen LogP contribution in [0.4, 0.5) is 13.2 Å². The van der Waals surface area contributed by atoms with E-state index in [1.54, 1.807) is 0 Å². The zero-order valence-electron chi connectivity index (χ0n) is 11.7. The van der Waals surface area contributed by atoms with Gasteiger partial charge < -0.3 is 4.74 Å². The van der Waals surface area contributed by atoms with E-state index in [-0.39, 0.29) is 18.1 Å². The van der Waals surface area contributed by atoms with Gasteiger partial charge in [-0.2, -0.15) is 17.9 Å². The first-order chi connectivity index (χ1) is 10.2. The van der Waals surface area contributed by atoms with Gasteiger partial charge in [0.1, 0.15) is 5.54 Å². The molecule has 1 saturated heterocycles. The highest BCUT2D eigenvalue weighted by Gasteiger charge is 2.57. The van der Waals surface area contributed by atoms with E-state index in [1.165, 1.54) is 30.3 Å². The Hall–Kier alpha value is -1.38. The molecule has 1 aromatic carbocycles. The Balaban J connectivity index is 2.33. The van der Waals surface area contributed by atoms with Gasteiger partial charge in [-0.25, -0.2) is 8.42 Å². The lowest BCUT2D eigenvalue weighted by Gasteiger charge is -2.38. The van der Waals surface area contributed by atoms with Gasteiger partial charge in [-0.05, 0) is 30.5 Å². The number of hydrogen-bond donors (Lipinski definition) is 1. The Morgan fingerprint density at radius 3 is 2.18 bits per heavy atom. The van der Waals surface area contributed by atoms with Gasteiger partial charge in [0.25, 0.3) is 0 Å². The molecule has 1 aliphatic rings. The molecule has 122 valence electrons. The molecule has 1 heterocycles. The van der Waals surface area contributed by atoms with Crippen molar-refractivity contribution < 1.29 is 26.3 Å². The van der Waals surface area contributed by atoms with Crippen molar-refractivity contribution in [2.24, 2.45) is 0 Å². The average molecular weight is 335 g/mol. The van der Waals surface area contributed by atoms with Crippen molar-refractivity contribution in [3.63, 3.8) is 0 Å². The van der Waals surface area contributed by atoms with E-state index in [2.05, 4.69) is 6.58 Å². The first-order valence-corrected chi connectivity index (χ1v) is 8.09. The maximum absolute atomic E-state index is 13.4. The first-order valence-electron chi connectivity index (χ1n) is 6.61. The van der Waals surface area contributed by atoms with Crippen molar-refractivity contribution in [1.29, 1.82) is 0 Å². The fourth-order valence-corrected chi connectivity index (χ4v) is 3.71. The van der Waals surface area contributed by atoms with Crippen LogP contribution in [0.1, 0.15) is 18.4 Å². The van der Waals surface area contributed by atoms with Crippen LogP contribution in [-0.4, -0.2) is 33.3 Å². The second-order valence-electron chi connectivity index (χ2n) is 5.07. The van der Waals surface area contributed by atoms with Crippen molar-refractivity contribution in [2.75, 3.05) is 13.2 Å². The molecule has 0 aliphatic carbocycles. The van der Waals surface area contributed by atoms with E-state index < -0.39 is 34.6 Å². The molecule has 0 unspecified atom stereocenters. The topological polar surface area (TPSA) is 55.4 Å². The van der Waals surface area contributed by atoms with Crippen LogP contribution in [0.5, 0.6) is 0 Å². The molecule has 0 bridgehead atoms.